The Morgan fingerprint density at radius 1 is 1.19 bits per heavy atom. The fraction of sp³-hybridized carbons (Fsp3) is 0.407. The summed E-state index contributed by atoms with van der Waals surface area (Å²) in [6.07, 6.45) is 1.68. The number of hydrogen-bond donors (Lipinski definition) is 3. The average molecular weight is 553 g/mol. The highest BCUT2D eigenvalue weighted by atomic mass is 35.5. The van der Waals surface area contributed by atoms with E-state index in [1.807, 2.05) is 55.7 Å². The number of aromatic nitrogens is 2. The molecule has 0 bridgehead atoms. The van der Waals surface area contributed by atoms with E-state index in [1.54, 1.807) is 11.1 Å². The summed E-state index contributed by atoms with van der Waals surface area (Å²) in [4.78, 5) is 19.4. The molecule has 0 aliphatic rings. The van der Waals surface area contributed by atoms with Gasteiger partial charge in [0, 0.05) is 24.8 Å². The normalized spacial score (nSPS) is 13.1. The number of rotatable bonds is 10. The highest BCUT2D eigenvalue weighted by Gasteiger charge is 2.39. The maximum absolute atomic E-state index is 14.7. The Morgan fingerprint density at radius 2 is 1.86 bits per heavy atom. The zero-order chi connectivity index (χ0) is 26.5. The molecular formula is C27H35ClF2N4O2S. The van der Waals surface area contributed by atoms with Crippen LogP contribution in [0.15, 0.2) is 54.7 Å². The van der Waals surface area contributed by atoms with Crippen molar-refractivity contribution in [3.63, 3.8) is 0 Å². The molecule has 3 rings (SSSR count). The number of imidazole rings is 1. The number of hydrogen-bond acceptors (Lipinski definition) is 5. The molecule has 0 saturated heterocycles. The van der Waals surface area contributed by atoms with Gasteiger partial charge in [0.15, 0.2) is 0 Å². The Morgan fingerprint density at radius 3 is 2.43 bits per heavy atom. The molecule has 10 heteroatoms. The van der Waals surface area contributed by atoms with Crippen molar-refractivity contribution in [2.45, 2.75) is 33.4 Å². The van der Waals surface area contributed by atoms with Crippen molar-refractivity contribution >= 4 is 30.9 Å². The number of carbonyl (C=O) groups excluding carboxylic acids is 1. The number of benzene rings is 2. The van der Waals surface area contributed by atoms with Crippen LogP contribution in [0.1, 0.15) is 38.2 Å². The Labute approximate surface area is 228 Å². The molecular weight excluding hydrogens is 518 g/mol. The molecule has 1 amide bonds. The lowest BCUT2D eigenvalue weighted by Gasteiger charge is -2.41. The topological polar surface area (TPSA) is 84.4 Å². The largest absolute Gasteiger partial charge is 0.387 e. The molecule has 2 unspecified atom stereocenters. The Balaban J connectivity index is 0.00000481. The number of thiol groups is 1. The predicted octanol–water partition coefficient (Wildman–Crippen LogP) is 4.71. The average Bonchev–Trinajstić information content (AvgIpc) is 3.24. The third-order valence-electron chi connectivity index (χ3n) is 6.09. The van der Waals surface area contributed by atoms with Crippen LogP contribution in [0, 0.1) is 23.0 Å². The van der Waals surface area contributed by atoms with Gasteiger partial charge in [0.05, 0.1) is 11.7 Å². The van der Waals surface area contributed by atoms with Gasteiger partial charge in [-0.25, -0.2) is 13.8 Å². The van der Waals surface area contributed by atoms with E-state index in [0.29, 0.717) is 24.7 Å². The maximum atomic E-state index is 14.7. The molecule has 1 aromatic heterocycles. The summed E-state index contributed by atoms with van der Waals surface area (Å²) < 4.78 is 30.6. The van der Waals surface area contributed by atoms with Crippen molar-refractivity contribution in [1.82, 2.24) is 14.5 Å². The van der Waals surface area contributed by atoms with Gasteiger partial charge in [0.25, 0.3) is 0 Å². The Hall–Kier alpha value is -2.46. The number of amides is 1. The van der Waals surface area contributed by atoms with E-state index in [9.17, 15) is 18.7 Å². The van der Waals surface area contributed by atoms with Crippen LogP contribution in [0.4, 0.5) is 8.78 Å². The molecule has 2 atom stereocenters. The van der Waals surface area contributed by atoms with Crippen molar-refractivity contribution in [3.8, 4) is 11.3 Å². The fourth-order valence-electron chi connectivity index (χ4n) is 4.30. The molecule has 0 radical (unpaired) electrons. The Bertz CT molecular complexity index is 1170. The molecule has 0 saturated carbocycles. The van der Waals surface area contributed by atoms with Gasteiger partial charge in [-0.3, -0.25) is 4.79 Å². The first-order valence-corrected chi connectivity index (χ1v) is 12.5. The smallest absolute Gasteiger partial charge is 0.248 e. The molecule has 1 heterocycles. The van der Waals surface area contributed by atoms with Crippen LogP contribution < -0.4 is 5.73 Å². The van der Waals surface area contributed by atoms with Crippen LogP contribution >= 0.6 is 25.0 Å². The second-order valence-corrected chi connectivity index (χ2v) is 10.3. The minimum absolute atomic E-state index is 0. The summed E-state index contributed by atoms with van der Waals surface area (Å²) in [5, 5.41) is 9.82. The second kappa shape index (κ2) is 13.4. The van der Waals surface area contributed by atoms with Crippen LogP contribution in [-0.4, -0.2) is 50.9 Å². The van der Waals surface area contributed by atoms with Gasteiger partial charge in [-0.1, -0.05) is 51.1 Å². The summed E-state index contributed by atoms with van der Waals surface area (Å²) in [6, 6.07) is 12.3. The van der Waals surface area contributed by atoms with Gasteiger partial charge in [-0.05, 0) is 47.4 Å². The first-order valence-electron chi connectivity index (χ1n) is 11.9. The number of nitrogens with zero attached hydrogens (tertiary/aromatic N) is 3. The van der Waals surface area contributed by atoms with Crippen molar-refractivity contribution in [3.05, 3.63) is 77.8 Å². The van der Waals surface area contributed by atoms with Crippen molar-refractivity contribution < 1.29 is 18.7 Å². The molecule has 3 N–H and O–H groups in total. The predicted molar refractivity (Wildman–Crippen MR) is 148 cm³/mol. The molecule has 3 aromatic rings. The van der Waals surface area contributed by atoms with Crippen molar-refractivity contribution in [1.29, 1.82) is 0 Å². The molecule has 0 aliphatic heterocycles. The lowest BCUT2D eigenvalue weighted by atomic mass is 9.84. The van der Waals surface area contributed by atoms with Crippen LogP contribution in [0.5, 0.6) is 0 Å². The maximum Gasteiger partial charge on any atom is 0.248 e. The number of halogens is 3. The summed E-state index contributed by atoms with van der Waals surface area (Å²) in [7, 11) is 0. The van der Waals surface area contributed by atoms with Crippen LogP contribution in [0.3, 0.4) is 0 Å². The highest BCUT2D eigenvalue weighted by Crippen LogP contribution is 2.39. The third kappa shape index (κ3) is 7.54. The van der Waals surface area contributed by atoms with Crippen LogP contribution in [0.25, 0.3) is 11.3 Å². The van der Waals surface area contributed by atoms with Gasteiger partial charge in [-0.15, -0.1) is 12.4 Å². The summed E-state index contributed by atoms with van der Waals surface area (Å²) in [5.41, 5.74) is 6.66. The highest BCUT2D eigenvalue weighted by molar-refractivity contribution is 7.80. The minimum atomic E-state index is -0.679. The monoisotopic (exact) mass is 552 g/mol. The number of aliphatic hydroxyl groups excluding tert-OH is 1. The van der Waals surface area contributed by atoms with E-state index in [2.05, 4.69) is 12.6 Å². The lowest BCUT2D eigenvalue weighted by molar-refractivity contribution is -0.140. The van der Waals surface area contributed by atoms with E-state index < -0.39 is 35.6 Å². The van der Waals surface area contributed by atoms with Crippen molar-refractivity contribution in [2.24, 2.45) is 17.1 Å². The Kier molecular flexibility index (Phi) is 11.1. The van der Waals surface area contributed by atoms with Gasteiger partial charge in [0.2, 0.25) is 5.91 Å². The molecule has 202 valence electrons. The fourth-order valence-corrected chi connectivity index (χ4v) is 4.56. The van der Waals surface area contributed by atoms with E-state index in [0.717, 1.165) is 23.8 Å². The SMILES string of the molecule is CC(C)(C)C(c1nc(-c2cc(F)ccc2F)cn1Cc1ccccc1)N(CC(CN)CS)C(=O)CO.Cl. The molecule has 37 heavy (non-hydrogen) atoms. The van der Waals surface area contributed by atoms with Crippen LogP contribution in [-0.2, 0) is 11.3 Å². The molecule has 2 aromatic carbocycles. The summed E-state index contributed by atoms with van der Waals surface area (Å²) in [6.45, 7) is 6.21. The van der Waals surface area contributed by atoms with Gasteiger partial charge in [0.1, 0.15) is 24.1 Å². The quantitative estimate of drug-likeness (QED) is 0.318. The van der Waals surface area contributed by atoms with E-state index in [4.69, 9.17) is 10.7 Å². The first-order chi connectivity index (χ1) is 17.1. The molecule has 0 fully saturated rings. The lowest BCUT2D eigenvalue weighted by Crippen LogP contribution is -2.47. The third-order valence-corrected chi connectivity index (χ3v) is 6.60. The summed E-state index contributed by atoms with van der Waals surface area (Å²) in [5.74, 6) is -0.785. The van der Waals surface area contributed by atoms with Crippen molar-refractivity contribution in [2.75, 3.05) is 25.4 Å². The van der Waals surface area contributed by atoms with Gasteiger partial charge < -0.3 is 20.3 Å². The van der Waals surface area contributed by atoms with E-state index in [-0.39, 0.29) is 36.1 Å². The van der Waals surface area contributed by atoms with Gasteiger partial charge >= 0.3 is 0 Å². The standard InChI is InChI=1S/C27H34F2N4O2S.ClH/c1-27(2,3)25(33(24(35)16-34)14-19(12-30)17-36)26-31-23(21-11-20(28)9-10-22(21)29)15-32(26)13-18-7-5-4-6-8-18;/h4-11,15,19,25,34,36H,12-14,16-17,30H2,1-3H3;1H. The number of nitrogens with two attached hydrogens (primary N) is 1. The van der Waals surface area contributed by atoms with Crippen LogP contribution in [0.2, 0.25) is 0 Å². The van der Waals surface area contributed by atoms with E-state index in [1.165, 1.54) is 0 Å². The number of aliphatic hydroxyl groups is 1. The minimum Gasteiger partial charge on any atom is -0.387 e. The number of carbonyl (C=O) groups is 1. The summed E-state index contributed by atoms with van der Waals surface area (Å²) >= 11 is 4.38. The molecule has 0 spiro atoms. The van der Waals surface area contributed by atoms with Gasteiger partial charge in [-0.2, -0.15) is 12.6 Å². The first kappa shape index (κ1) is 30.8. The molecule has 6 nitrogen and oxygen atoms in total. The molecule has 0 aliphatic carbocycles. The second-order valence-electron chi connectivity index (χ2n) is 9.98. The zero-order valence-corrected chi connectivity index (χ0v) is 23.0. The zero-order valence-electron chi connectivity index (χ0n) is 21.3. The van der Waals surface area contributed by atoms with E-state index >= 15 is 0 Å².